The van der Waals surface area contributed by atoms with Crippen LogP contribution in [0.2, 0.25) is 0 Å². The van der Waals surface area contributed by atoms with Crippen molar-refractivity contribution >= 4 is 40.5 Å². The number of aryl methyl sites for hydroxylation is 2. The molecular formula is C58H68O14P2S. The number of benzene rings is 6. The van der Waals surface area contributed by atoms with Gasteiger partial charge >= 0.3 is 17.2 Å². The molecule has 0 aliphatic rings. The lowest BCUT2D eigenvalue weighted by Crippen LogP contribution is -2.16. The van der Waals surface area contributed by atoms with Crippen molar-refractivity contribution in [1.82, 2.24) is 0 Å². The Morgan fingerprint density at radius 1 is 0.440 bits per heavy atom. The maximum absolute atomic E-state index is 13.1. The Labute approximate surface area is 448 Å². The molecule has 75 heavy (non-hydrogen) atoms. The van der Waals surface area contributed by atoms with Gasteiger partial charge in [0, 0.05) is 35.4 Å². The van der Waals surface area contributed by atoms with Crippen molar-refractivity contribution in [2.75, 3.05) is 41.7 Å². The quantitative estimate of drug-likeness (QED) is 0.0418. The van der Waals surface area contributed by atoms with Crippen LogP contribution in [-0.2, 0) is 10.8 Å². The van der Waals surface area contributed by atoms with Crippen LogP contribution >= 0.6 is 29.0 Å². The summed E-state index contributed by atoms with van der Waals surface area (Å²) in [6.07, 6.45) is 0. The zero-order valence-corrected chi connectivity index (χ0v) is 48.3. The van der Waals surface area contributed by atoms with Gasteiger partial charge in [-0.15, -0.1) is 0 Å². The zero-order chi connectivity index (χ0) is 54.8. The minimum Gasteiger partial charge on any atom is -0.497 e. The van der Waals surface area contributed by atoms with E-state index >= 15 is 0 Å². The fraction of sp³-hybridized carbons (Fsp3) is 0.345. The lowest BCUT2D eigenvalue weighted by atomic mass is 9.85. The van der Waals surface area contributed by atoms with E-state index in [0.29, 0.717) is 80.5 Å². The summed E-state index contributed by atoms with van der Waals surface area (Å²) in [7, 11) is 1.24. The fourth-order valence-electron chi connectivity index (χ4n) is 7.55. The molecule has 0 N–H and O–H groups in total. The maximum atomic E-state index is 13.1. The van der Waals surface area contributed by atoms with Gasteiger partial charge in [0.05, 0.1) is 62.6 Å². The highest BCUT2D eigenvalue weighted by atomic mass is 32.2. The first kappa shape index (κ1) is 57.7. The molecule has 6 aromatic carbocycles. The third-order valence-electron chi connectivity index (χ3n) is 11.3. The van der Waals surface area contributed by atoms with Crippen molar-refractivity contribution in [2.24, 2.45) is 0 Å². The summed E-state index contributed by atoms with van der Waals surface area (Å²) in [6, 6.07) is 28.6. The highest BCUT2D eigenvalue weighted by molar-refractivity contribution is 7.99. The minimum atomic E-state index is -2.54. The molecule has 400 valence electrons. The fourth-order valence-corrected chi connectivity index (χ4v) is 11.0. The summed E-state index contributed by atoms with van der Waals surface area (Å²) in [5, 5.41) is 0. The van der Waals surface area contributed by atoms with Gasteiger partial charge in [-0.2, -0.15) is 0 Å². The molecule has 0 aromatic heterocycles. The first-order chi connectivity index (χ1) is 35.6. The van der Waals surface area contributed by atoms with E-state index in [-0.39, 0.29) is 34.2 Å². The molecule has 6 aromatic rings. The van der Waals surface area contributed by atoms with Crippen molar-refractivity contribution in [2.45, 2.75) is 104 Å². The molecule has 0 radical (unpaired) electrons. The monoisotopic (exact) mass is 1080 g/mol. The van der Waals surface area contributed by atoms with Crippen LogP contribution in [-0.4, -0.2) is 53.2 Å². The third kappa shape index (κ3) is 14.9. The molecule has 0 amide bonds. The molecule has 0 spiro atoms. The van der Waals surface area contributed by atoms with Crippen LogP contribution in [0, 0.1) is 13.8 Å². The second-order valence-corrected chi connectivity index (χ2v) is 22.3. The molecule has 0 atom stereocenters. The predicted molar refractivity (Wildman–Crippen MR) is 296 cm³/mol. The van der Waals surface area contributed by atoms with Gasteiger partial charge in [-0.25, -0.2) is 0 Å². The number of hydrogen-bond donors (Lipinski definition) is 0. The Hall–Kier alpha value is -6.53. The van der Waals surface area contributed by atoms with Crippen LogP contribution in [0.3, 0.4) is 0 Å². The normalized spacial score (nSPS) is 11.4. The number of carbonyl (C=O) groups excluding carboxylic acids is 2. The second kappa shape index (κ2) is 25.3. The van der Waals surface area contributed by atoms with Crippen LogP contribution < -0.4 is 55.6 Å². The first-order valence-electron chi connectivity index (χ1n) is 24.2. The van der Waals surface area contributed by atoms with E-state index in [1.54, 1.807) is 87.0 Å². The Bertz CT molecular complexity index is 2860. The van der Waals surface area contributed by atoms with Gasteiger partial charge in [-0.3, -0.25) is 9.59 Å². The standard InChI is InChI=1S/C58H68O14P2S/c1-17-65-47-25-21-41(63-15)33-51(47)69-74(70-52-34-42(64-16)22-26-48(52)66-18-2)72-56-46(58(10,11)12)28-36(4)30-54(56)75-53-29-35(3)27-45(57(7,8)9)55(53)71-73(67-49-31-39(61-13)19-23-43(49)37(5)59)68-50-32-40(62-14)20-24-44(50)38(6)60/h19-34H,17-18H2,1-16H3. The van der Waals surface area contributed by atoms with Gasteiger partial charge in [-0.1, -0.05) is 65.4 Å². The van der Waals surface area contributed by atoms with Gasteiger partial charge in [-0.05, 0) is 124 Å². The zero-order valence-electron chi connectivity index (χ0n) is 45.7. The van der Waals surface area contributed by atoms with Crippen molar-refractivity contribution in [3.8, 4) is 69.0 Å². The van der Waals surface area contributed by atoms with Gasteiger partial charge in [0.25, 0.3) is 0 Å². The van der Waals surface area contributed by atoms with Crippen LogP contribution in [0.1, 0.15) is 112 Å². The van der Waals surface area contributed by atoms with Crippen LogP contribution in [0.4, 0.5) is 0 Å². The van der Waals surface area contributed by atoms with E-state index in [1.807, 2.05) is 39.8 Å². The number of rotatable bonds is 24. The molecule has 14 nitrogen and oxygen atoms in total. The summed E-state index contributed by atoms with van der Waals surface area (Å²) in [4.78, 5) is 27.7. The molecule has 0 fully saturated rings. The molecule has 0 aliphatic carbocycles. The first-order valence-corrected chi connectivity index (χ1v) is 27.3. The number of methoxy groups -OCH3 is 4. The van der Waals surface area contributed by atoms with Crippen LogP contribution in [0.25, 0.3) is 0 Å². The molecule has 17 heteroatoms. The van der Waals surface area contributed by atoms with Gasteiger partial charge < -0.3 is 55.6 Å². The van der Waals surface area contributed by atoms with Crippen molar-refractivity contribution in [1.29, 1.82) is 0 Å². The van der Waals surface area contributed by atoms with Crippen molar-refractivity contribution < 1.29 is 65.2 Å². The Morgan fingerprint density at radius 2 is 0.760 bits per heavy atom. The topological polar surface area (TPSA) is 145 Å². The Balaban J connectivity index is 1.58. The van der Waals surface area contributed by atoms with E-state index in [1.165, 1.54) is 39.8 Å². The molecule has 0 bridgehead atoms. The average Bonchev–Trinajstić information content (AvgIpc) is 3.35. The molecule has 6 rings (SSSR count). The number of hydrogen-bond acceptors (Lipinski definition) is 15. The number of Topliss-reactive ketones (excluding diaryl/α,β-unsaturated/α-hetero) is 2. The van der Waals surface area contributed by atoms with E-state index in [0.717, 1.165) is 22.3 Å². The largest absolute Gasteiger partial charge is 0.530 e. The lowest BCUT2D eigenvalue weighted by molar-refractivity contribution is 0.100. The van der Waals surface area contributed by atoms with E-state index in [4.69, 9.17) is 55.6 Å². The van der Waals surface area contributed by atoms with Crippen LogP contribution in [0.5, 0.6) is 69.0 Å². The second-order valence-electron chi connectivity index (χ2n) is 19.2. The lowest BCUT2D eigenvalue weighted by Gasteiger charge is -2.29. The predicted octanol–water partition coefficient (Wildman–Crippen LogP) is 15.8. The molecule has 0 heterocycles. The number of carbonyl (C=O) groups is 2. The minimum absolute atomic E-state index is 0.156. The third-order valence-corrected chi connectivity index (χ3v) is 14.4. The maximum Gasteiger partial charge on any atom is 0.530 e. The SMILES string of the molecule is CCOc1ccc(OC)cc1OP(Oc1cc(OC)ccc1OCC)Oc1c(Sc2cc(C)cc(C(C)(C)C)c2OP(Oc2cc(OC)ccc2C(C)=O)Oc2cc(OC)ccc2C(C)=O)cc(C)cc1C(C)(C)C. The number of ketones is 2. The van der Waals surface area contributed by atoms with Gasteiger partial charge in [0.1, 0.15) is 46.0 Å². The molecule has 0 saturated heterocycles. The van der Waals surface area contributed by atoms with E-state index < -0.39 is 28.0 Å². The van der Waals surface area contributed by atoms with E-state index in [2.05, 4.69) is 53.7 Å². The Kier molecular flexibility index (Phi) is 19.5. The molecule has 0 saturated carbocycles. The highest BCUT2D eigenvalue weighted by Gasteiger charge is 2.34. The van der Waals surface area contributed by atoms with Crippen molar-refractivity contribution in [3.63, 3.8) is 0 Å². The number of ether oxygens (including phenoxy) is 6. The van der Waals surface area contributed by atoms with Crippen LogP contribution in [0.15, 0.2) is 107 Å². The smallest absolute Gasteiger partial charge is 0.497 e. The highest BCUT2D eigenvalue weighted by Crippen LogP contribution is 2.56. The van der Waals surface area contributed by atoms with E-state index in [9.17, 15) is 9.59 Å². The molecule has 0 unspecified atom stereocenters. The average molecular weight is 1080 g/mol. The van der Waals surface area contributed by atoms with Gasteiger partial charge in [0.2, 0.25) is 0 Å². The van der Waals surface area contributed by atoms with Crippen molar-refractivity contribution in [3.05, 3.63) is 130 Å². The summed E-state index contributed by atoms with van der Waals surface area (Å²) >= 11 is 1.41. The molecular weight excluding hydrogens is 1010 g/mol. The van der Waals surface area contributed by atoms with Gasteiger partial charge in [0.15, 0.2) is 34.6 Å². The summed E-state index contributed by atoms with van der Waals surface area (Å²) < 4.78 is 75.8. The Morgan fingerprint density at radius 3 is 1.07 bits per heavy atom. The molecule has 0 aliphatic heterocycles. The summed E-state index contributed by atoms with van der Waals surface area (Å²) in [6.45, 7) is 24.0. The summed E-state index contributed by atoms with van der Waals surface area (Å²) in [5.41, 5.74) is 3.13. The summed E-state index contributed by atoms with van der Waals surface area (Å²) in [5.74, 6) is 4.20.